The van der Waals surface area contributed by atoms with E-state index in [1.807, 2.05) is 0 Å². The topological polar surface area (TPSA) is 115 Å². The van der Waals surface area contributed by atoms with Gasteiger partial charge in [-0.3, -0.25) is 9.59 Å². The lowest BCUT2D eigenvalue weighted by molar-refractivity contribution is -0.113. The van der Waals surface area contributed by atoms with E-state index < -0.39 is 12.0 Å². The molecule has 2 N–H and O–H groups in total. The van der Waals surface area contributed by atoms with Crippen molar-refractivity contribution in [1.82, 2.24) is 20.1 Å². The molecule has 0 aliphatic carbocycles. The van der Waals surface area contributed by atoms with E-state index in [2.05, 4.69) is 27.4 Å². The molecule has 1 aromatic heterocycles. The Morgan fingerprint density at radius 1 is 1.17 bits per heavy atom. The molecule has 0 bridgehead atoms. The largest absolute Gasteiger partial charge is 0.462 e. The van der Waals surface area contributed by atoms with Crippen molar-refractivity contribution in [2.45, 2.75) is 31.6 Å². The van der Waals surface area contributed by atoms with Crippen molar-refractivity contribution in [2.24, 2.45) is 0 Å². The number of aromatic nitrogens is 3. The number of amides is 2. The molecule has 0 radical (unpaired) electrons. The summed E-state index contributed by atoms with van der Waals surface area (Å²) in [6, 6.07) is 12.8. The van der Waals surface area contributed by atoms with Crippen LogP contribution in [0.25, 0.3) is 0 Å². The van der Waals surface area contributed by atoms with Gasteiger partial charge >= 0.3 is 5.97 Å². The van der Waals surface area contributed by atoms with Gasteiger partial charge in [-0.2, -0.15) is 0 Å². The van der Waals surface area contributed by atoms with Gasteiger partial charge in [-0.25, -0.2) is 4.79 Å². The van der Waals surface area contributed by atoms with E-state index in [9.17, 15) is 14.4 Å². The van der Waals surface area contributed by atoms with Gasteiger partial charge in [-0.1, -0.05) is 41.6 Å². The predicted molar refractivity (Wildman–Crippen MR) is 139 cm³/mol. The van der Waals surface area contributed by atoms with Crippen LogP contribution in [0.5, 0.6) is 0 Å². The van der Waals surface area contributed by atoms with Gasteiger partial charge in [0.15, 0.2) is 11.0 Å². The first-order valence-electron chi connectivity index (χ1n) is 11.1. The first-order valence-corrected chi connectivity index (χ1v) is 12.5. The van der Waals surface area contributed by atoms with Gasteiger partial charge in [0.1, 0.15) is 0 Å². The van der Waals surface area contributed by atoms with Gasteiger partial charge in [0.25, 0.3) is 5.91 Å². The van der Waals surface area contributed by atoms with Crippen molar-refractivity contribution in [2.75, 3.05) is 17.7 Å². The van der Waals surface area contributed by atoms with E-state index in [0.29, 0.717) is 46.0 Å². The summed E-state index contributed by atoms with van der Waals surface area (Å²) in [5.41, 5.74) is 1.32. The van der Waals surface area contributed by atoms with Crippen molar-refractivity contribution in [3.63, 3.8) is 0 Å². The van der Waals surface area contributed by atoms with Gasteiger partial charge < -0.3 is 19.9 Å². The van der Waals surface area contributed by atoms with Gasteiger partial charge in [-0.05, 0) is 50.2 Å². The normalized spacial score (nSPS) is 11.4. The monoisotopic (exact) mass is 527 g/mol. The van der Waals surface area contributed by atoms with Crippen LogP contribution in [0.15, 0.2) is 66.3 Å². The highest BCUT2D eigenvalue weighted by Gasteiger charge is 2.21. The van der Waals surface area contributed by atoms with Crippen LogP contribution in [-0.4, -0.2) is 44.9 Å². The first-order chi connectivity index (χ1) is 17.3. The zero-order chi connectivity index (χ0) is 26.1. The van der Waals surface area contributed by atoms with Gasteiger partial charge in [0.2, 0.25) is 5.91 Å². The lowest BCUT2D eigenvalue weighted by Crippen LogP contribution is -2.29. The number of carbonyl (C=O) groups is 3. The minimum atomic E-state index is -0.470. The van der Waals surface area contributed by atoms with E-state index >= 15 is 0 Å². The summed E-state index contributed by atoms with van der Waals surface area (Å²) in [6.45, 7) is 7.99. The molecule has 2 aromatic carbocycles. The Morgan fingerprint density at radius 2 is 1.89 bits per heavy atom. The lowest BCUT2D eigenvalue weighted by atomic mass is 10.2. The number of rotatable bonds is 11. The fraction of sp³-hybridized carbons (Fsp3) is 0.240. The maximum atomic E-state index is 12.6. The fourth-order valence-corrected chi connectivity index (χ4v) is 4.22. The molecule has 1 atom stereocenters. The molecule has 1 heterocycles. The number of thioether (sulfide) groups is 1. The summed E-state index contributed by atoms with van der Waals surface area (Å²) in [6.07, 6.45) is 1.69. The highest BCUT2D eigenvalue weighted by atomic mass is 35.5. The number of ether oxygens (including phenoxy) is 1. The third-order valence-electron chi connectivity index (χ3n) is 4.92. The maximum Gasteiger partial charge on any atom is 0.338 e. The summed E-state index contributed by atoms with van der Waals surface area (Å²) in [7, 11) is 0. The molecule has 11 heteroatoms. The van der Waals surface area contributed by atoms with Crippen LogP contribution < -0.4 is 10.6 Å². The quantitative estimate of drug-likeness (QED) is 0.214. The zero-order valence-corrected chi connectivity index (χ0v) is 21.4. The van der Waals surface area contributed by atoms with Gasteiger partial charge in [0.05, 0.1) is 34.6 Å². The second kappa shape index (κ2) is 12.9. The minimum Gasteiger partial charge on any atom is -0.462 e. The summed E-state index contributed by atoms with van der Waals surface area (Å²) < 4.78 is 6.74. The van der Waals surface area contributed by atoms with Crippen molar-refractivity contribution in [3.8, 4) is 0 Å². The van der Waals surface area contributed by atoms with Crippen LogP contribution in [0.1, 0.15) is 46.4 Å². The van der Waals surface area contributed by atoms with E-state index in [1.54, 1.807) is 73.0 Å². The predicted octanol–water partition coefficient (Wildman–Crippen LogP) is 4.52. The average Bonchev–Trinajstić information content (AvgIpc) is 3.26. The number of carbonyl (C=O) groups excluding carboxylic acids is 3. The second-order valence-electron chi connectivity index (χ2n) is 7.55. The number of nitrogens with zero attached hydrogens (tertiary/aromatic N) is 3. The molecule has 0 unspecified atom stereocenters. The van der Waals surface area contributed by atoms with Gasteiger partial charge in [-0.15, -0.1) is 16.8 Å². The summed E-state index contributed by atoms with van der Waals surface area (Å²) >= 11 is 7.33. The number of nitrogens with one attached hydrogen (secondary N) is 2. The molecule has 0 spiro atoms. The lowest BCUT2D eigenvalue weighted by Gasteiger charge is -2.15. The molecule has 0 aliphatic rings. The first kappa shape index (κ1) is 27.0. The molecule has 188 valence electrons. The van der Waals surface area contributed by atoms with Crippen molar-refractivity contribution < 1.29 is 19.1 Å². The Bertz CT molecular complexity index is 1250. The molecule has 3 rings (SSSR count). The van der Waals surface area contributed by atoms with E-state index in [-0.39, 0.29) is 17.6 Å². The SMILES string of the molecule is C=CCn1c(SCC(=O)Nc2ccc(C(=O)OCC)cc2)nnc1[C@@H](C)NC(=O)c1ccccc1Cl. The Labute approximate surface area is 218 Å². The number of anilines is 1. The molecular formula is C25H26ClN5O4S. The van der Waals surface area contributed by atoms with Crippen LogP contribution >= 0.6 is 23.4 Å². The van der Waals surface area contributed by atoms with Crippen molar-refractivity contribution in [1.29, 1.82) is 0 Å². The smallest absolute Gasteiger partial charge is 0.338 e. The van der Waals surface area contributed by atoms with Gasteiger partial charge in [0, 0.05) is 12.2 Å². The summed E-state index contributed by atoms with van der Waals surface area (Å²) in [4.78, 5) is 36.9. The van der Waals surface area contributed by atoms with Crippen molar-refractivity contribution >= 4 is 46.8 Å². The fourth-order valence-electron chi connectivity index (χ4n) is 3.24. The van der Waals surface area contributed by atoms with Crippen LogP contribution in [0, 0.1) is 0 Å². The number of esters is 1. The van der Waals surface area contributed by atoms with Crippen LogP contribution in [0.3, 0.4) is 0 Å². The molecule has 0 saturated carbocycles. The maximum absolute atomic E-state index is 12.6. The molecule has 0 aliphatic heterocycles. The number of hydrogen-bond acceptors (Lipinski definition) is 7. The zero-order valence-electron chi connectivity index (χ0n) is 19.9. The molecular weight excluding hydrogens is 502 g/mol. The average molecular weight is 528 g/mol. The molecule has 3 aromatic rings. The highest BCUT2D eigenvalue weighted by Crippen LogP contribution is 2.22. The standard InChI is InChI=1S/C25H26ClN5O4S/c1-4-14-31-22(16(3)27-23(33)19-8-6-7-9-20(19)26)29-30-25(31)36-15-21(32)28-18-12-10-17(11-13-18)24(34)35-5-2/h4,6-13,16H,1,5,14-15H2,2-3H3,(H,27,33)(H,28,32)/t16-/m1/s1. The van der Waals surface area contributed by atoms with E-state index in [1.165, 1.54) is 11.8 Å². The summed E-state index contributed by atoms with van der Waals surface area (Å²) in [5, 5.41) is 15.0. The van der Waals surface area contributed by atoms with Crippen LogP contribution in [0.4, 0.5) is 5.69 Å². The number of benzene rings is 2. The number of hydrogen-bond donors (Lipinski definition) is 2. The molecule has 0 fully saturated rings. The van der Waals surface area contributed by atoms with E-state index in [4.69, 9.17) is 16.3 Å². The molecule has 36 heavy (non-hydrogen) atoms. The van der Waals surface area contributed by atoms with Crippen molar-refractivity contribution in [3.05, 3.63) is 83.2 Å². The van der Waals surface area contributed by atoms with E-state index in [0.717, 1.165) is 0 Å². The second-order valence-corrected chi connectivity index (χ2v) is 8.90. The Kier molecular flexibility index (Phi) is 9.66. The van der Waals surface area contributed by atoms with Crippen LogP contribution in [-0.2, 0) is 16.1 Å². The molecule has 0 saturated heterocycles. The molecule has 9 nitrogen and oxygen atoms in total. The van der Waals surface area contributed by atoms with Crippen LogP contribution in [0.2, 0.25) is 5.02 Å². The summed E-state index contributed by atoms with van der Waals surface area (Å²) in [5.74, 6) is -0.397. The minimum absolute atomic E-state index is 0.0786. The Morgan fingerprint density at radius 3 is 2.56 bits per heavy atom. The number of allylic oxidation sites excluding steroid dienone is 1. The highest BCUT2D eigenvalue weighted by molar-refractivity contribution is 7.99. The Balaban J connectivity index is 1.62. The molecule has 2 amide bonds. The number of halogens is 1. The third kappa shape index (κ3) is 6.96. The Hall–Kier alpha value is -3.63. The third-order valence-corrected chi connectivity index (χ3v) is 6.22.